The summed E-state index contributed by atoms with van der Waals surface area (Å²) < 4.78 is 5.55. The normalized spacial score (nSPS) is 10.6. The van der Waals surface area contributed by atoms with E-state index in [0.717, 1.165) is 19.3 Å². The van der Waals surface area contributed by atoms with Gasteiger partial charge in [0.25, 0.3) is 0 Å². The van der Waals surface area contributed by atoms with Gasteiger partial charge < -0.3 is 24.5 Å². The first-order valence-electron chi connectivity index (χ1n) is 7.15. The van der Waals surface area contributed by atoms with E-state index in [2.05, 4.69) is 6.92 Å². The maximum Gasteiger partial charge on any atom is 0.119 e. The Hall–Kier alpha value is -2.04. The molecule has 0 saturated heterocycles. The number of carbonyl (C=O) groups is 2. The molecule has 0 unspecified atom stereocenters. The third-order valence-corrected chi connectivity index (χ3v) is 3.19. The van der Waals surface area contributed by atoms with Crippen molar-refractivity contribution in [3.8, 4) is 5.75 Å². The van der Waals surface area contributed by atoms with Crippen LogP contribution in [-0.2, 0) is 9.59 Å². The first-order valence-corrected chi connectivity index (χ1v) is 7.15. The van der Waals surface area contributed by atoms with Crippen molar-refractivity contribution < 1.29 is 24.5 Å². The molecule has 5 heteroatoms. The summed E-state index contributed by atoms with van der Waals surface area (Å²) in [5, 5.41) is 21.4. The Kier molecular flexibility index (Phi) is 7.29. The van der Waals surface area contributed by atoms with Crippen LogP contribution in [0.1, 0.15) is 50.5 Å². The zero-order valence-electron chi connectivity index (χ0n) is 12.2. The van der Waals surface area contributed by atoms with Crippen molar-refractivity contribution in [3.63, 3.8) is 0 Å². The van der Waals surface area contributed by atoms with Gasteiger partial charge in [0.1, 0.15) is 5.75 Å². The number of rotatable bonds is 10. The lowest BCUT2D eigenvalue weighted by molar-refractivity contribution is -0.308. The monoisotopic (exact) mass is 292 g/mol. The summed E-state index contributed by atoms with van der Waals surface area (Å²) in [6.45, 7) is 2.75. The van der Waals surface area contributed by atoms with Crippen LogP contribution in [-0.4, -0.2) is 18.5 Å². The molecule has 0 saturated carbocycles. The maximum absolute atomic E-state index is 10.7. The van der Waals surface area contributed by atoms with E-state index >= 15 is 0 Å². The molecule has 0 N–H and O–H groups in total. The first-order chi connectivity index (χ1) is 10.0. The van der Waals surface area contributed by atoms with E-state index in [1.165, 1.54) is 0 Å². The lowest BCUT2D eigenvalue weighted by Gasteiger charge is -2.19. The Morgan fingerprint density at radius 1 is 1.05 bits per heavy atom. The second-order valence-corrected chi connectivity index (χ2v) is 4.97. The van der Waals surface area contributed by atoms with Crippen LogP contribution in [0.25, 0.3) is 0 Å². The van der Waals surface area contributed by atoms with Crippen LogP contribution in [0, 0.1) is 0 Å². The van der Waals surface area contributed by atoms with Gasteiger partial charge in [0.2, 0.25) is 0 Å². The number of hydrogen-bond donors (Lipinski definition) is 0. The van der Waals surface area contributed by atoms with Crippen molar-refractivity contribution in [3.05, 3.63) is 29.8 Å². The molecule has 0 aliphatic heterocycles. The standard InChI is InChI=1S/C16H22O5/c1-2-3-4-9-21-14-7-5-12(6-8-14)13(10-15(17)18)11-16(19)20/h5-8,13H,2-4,9-11H2,1H3,(H,17,18)(H,19,20)/p-2. The fourth-order valence-corrected chi connectivity index (χ4v) is 2.09. The number of benzene rings is 1. The quantitative estimate of drug-likeness (QED) is 0.590. The lowest BCUT2D eigenvalue weighted by atomic mass is 9.92. The third-order valence-electron chi connectivity index (χ3n) is 3.19. The van der Waals surface area contributed by atoms with E-state index in [4.69, 9.17) is 4.74 Å². The average Bonchev–Trinajstić information content (AvgIpc) is 2.42. The molecule has 1 aromatic rings. The second kappa shape index (κ2) is 9.00. The minimum absolute atomic E-state index is 0.343. The van der Waals surface area contributed by atoms with Crippen molar-refractivity contribution in [2.24, 2.45) is 0 Å². The van der Waals surface area contributed by atoms with Crippen LogP contribution in [0.2, 0.25) is 0 Å². The molecule has 0 aliphatic carbocycles. The molecular weight excluding hydrogens is 272 g/mol. The highest BCUT2D eigenvalue weighted by molar-refractivity contribution is 5.70. The van der Waals surface area contributed by atoms with E-state index in [-0.39, 0.29) is 12.8 Å². The number of carboxylic acid groups (broad SMARTS) is 2. The van der Waals surface area contributed by atoms with Crippen LogP contribution in [0.4, 0.5) is 0 Å². The van der Waals surface area contributed by atoms with Crippen molar-refractivity contribution in [2.75, 3.05) is 6.61 Å². The molecular formula is C16H20O5-2. The molecule has 0 amide bonds. The summed E-state index contributed by atoms with van der Waals surface area (Å²) in [4.78, 5) is 21.4. The van der Waals surface area contributed by atoms with Crippen LogP contribution in [0.15, 0.2) is 24.3 Å². The van der Waals surface area contributed by atoms with Gasteiger partial charge in [0.05, 0.1) is 6.61 Å². The summed E-state index contributed by atoms with van der Waals surface area (Å²) in [6.07, 6.45) is 2.53. The largest absolute Gasteiger partial charge is 0.550 e. The van der Waals surface area contributed by atoms with Gasteiger partial charge in [-0.3, -0.25) is 0 Å². The molecule has 0 spiro atoms. The van der Waals surface area contributed by atoms with Gasteiger partial charge in [-0.2, -0.15) is 0 Å². The van der Waals surface area contributed by atoms with Gasteiger partial charge in [-0.1, -0.05) is 31.9 Å². The number of ether oxygens (including phenoxy) is 1. The molecule has 116 valence electrons. The van der Waals surface area contributed by atoms with Gasteiger partial charge in [-0.15, -0.1) is 0 Å². The maximum atomic E-state index is 10.7. The van der Waals surface area contributed by atoms with Crippen LogP contribution in [0.3, 0.4) is 0 Å². The van der Waals surface area contributed by atoms with E-state index < -0.39 is 17.9 Å². The van der Waals surface area contributed by atoms with Gasteiger partial charge in [-0.05, 0) is 42.9 Å². The first kappa shape index (κ1) is 17.0. The van der Waals surface area contributed by atoms with Crippen molar-refractivity contribution in [1.29, 1.82) is 0 Å². The number of unbranched alkanes of at least 4 members (excludes halogenated alkanes) is 2. The predicted molar refractivity (Wildman–Crippen MR) is 73.5 cm³/mol. The van der Waals surface area contributed by atoms with E-state index in [9.17, 15) is 19.8 Å². The van der Waals surface area contributed by atoms with Crippen molar-refractivity contribution >= 4 is 11.9 Å². The molecule has 0 aromatic heterocycles. The Balaban J connectivity index is 2.63. The smallest absolute Gasteiger partial charge is 0.119 e. The Morgan fingerprint density at radius 2 is 1.62 bits per heavy atom. The molecule has 0 bridgehead atoms. The van der Waals surface area contributed by atoms with E-state index in [0.29, 0.717) is 17.9 Å². The predicted octanol–water partition coefficient (Wildman–Crippen LogP) is 0.619. The van der Waals surface area contributed by atoms with E-state index in [1.807, 2.05) is 0 Å². The summed E-state index contributed by atoms with van der Waals surface area (Å²) in [5.74, 6) is -2.51. The molecule has 0 heterocycles. The summed E-state index contributed by atoms with van der Waals surface area (Å²) in [7, 11) is 0. The minimum Gasteiger partial charge on any atom is -0.550 e. The SMILES string of the molecule is CCCCCOc1ccc(C(CC(=O)[O-])CC(=O)[O-])cc1. The van der Waals surface area contributed by atoms with Crippen molar-refractivity contribution in [1.82, 2.24) is 0 Å². The number of aliphatic carboxylic acids is 2. The van der Waals surface area contributed by atoms with Gasteiger partial charge in [0, 0.05) is 11.9 Å². The highest BCUT2D eigenvalue weighted by Gasteiger charge is 2.12. The number of carbonyl (C=O) groups excluding carboxylic acids is 2. The summed E-state index contributed by atoms with van der Waals surface area (Å²) in [5.41, 5.74) is 0.629. The molecule has 0 radical (unpaired) electrons. The second-order valence-electron chi connectivity index (χ2n) is 4.97. The van der Waals surface area contributed by atoms with Gasteiger partial charge in [-0.25, -0.2) is 0 Å². The molecule has 1 rings (SSSR count). The fourth-order valence-electron chi connectivity index (χ4n) is 2.09. The molecule has 1 aromatic carbocycles. The average molecular weight is 292 g/mol. The fraction of sp³-hybridized carbons (Fsp3) is 0.500. The number of hydrogen-bond acceptors (Lipinski definition) is 5. The summed E-state index contributed by atoms with van der Waals surface area (Å²) in [6, 6.07) is 6.81. The van der Waals surface area contributed by atoms with E-state index in [1.54, 1.807) is 24.3 Å². The highest BCUT2D eigenvalue weighted by atomic mass is 16.5. The topological polar surface area (TPSA) is 89.5 Å². The Labute approximate surface area is 124 Å². The molecule has 0 aliphatic rings. The Bertz CT molecular complexity index is 436. The lowest BCUT2D eigenvalue weighted by Crippen LogP contribution is -2.29. The molecule has 21 heavy (non-hydrogen) atoms. The van der Waals surface area contributed by atoms with Crippen molar-refractivity contribution in [2.45, 2.75) is 44.9 Å². The van der Waals surface area contributed by atoms with Crippen LogP contribution >= 0.6 is 0 Å². The van der Waals surface area contributed by atoms with Crippen LogP contribution in [0.5, 0.6) is 5.75 Å². The molecule has 0 fully saturated rings. The minimum atomic E-state index is -1.28. The third kappa shape index (κ3) is 6.79. The van der Waals surface area contributed by atoms with Crippen LogP contribution < -0.4 is 14.9 Å². The number of carboxylic acids is 2. The highest BCUT2D eigenvalue weighted by Crippen LogP contribution is 2.25. The zero-order chi connectivity index (χ0) is 15.7. The summed E-state index contributed by atoms with van der Waals surface area (Å²) >= 11 is 0. The van der Waals surface area contributed by atoms with Gasteiger partial charge >= 0.3 is 0 Å². The molecule has 0 atom stereocenters. The zero-order valence-corrected chi connectivity index (χ0v) is 12.2. The van der Waals surface area contributed by atoms with Gasteiger partial charge in [0.15, 0.2) is 0 Å². The molecule has 5 nitrogen and oxygen atoms in total. The Morgan fingerprint density at radius 3 is 2.10 bits per heavy atom.